The van der Waals surface area contributed by atoms with Gasteiger partial charge in [0.1, 0.15) is 0 Å². The first-order chi connectivity index (χ1) is 25.8. The molecule has 264 valence electrons. The molecule has 0 spiro atoms. The summed E-state index contributed by atoms with van der Waals surface area (Å²) in [6.07, 6.45) is 0. The van der Waals surface area contributed by atoms with Crippen LogP contribution >= 0.6 is 0 Å². The van der Waals surface area contributed by atoms with Crippen molar-refractivity contribution in [1.29, 1.82) is 0 Å². The largest absolute Gasteiger partial charge is 0.314 e. The molecular formula is C46H50N6. The zero-order chi connectivity index (χ0) is 35.2. The fourth-order valence-corrected chi connectivity index (χ4v) is 6.96. The van der Waals surface area contributed by atoms with Gasteiger partial charge in [-0.1, -0.05) is 97.1 Å². The van der Waals surface area contributed by atoms with E-state index in [1.807, 2.05) is 0 Å². The molecule has 0 unspecified atom stereocenters. The van der Waals surface area contributed by atoms with Crippen molar-refractivity contribution in [2.75, 3.05) is 62.2 Å². The Labute approximate surface area is 309 Å². The number of nitrogens with zero attached hydrogens (tertiary/aromatic N) is 4. The van der Waals surface area contributed by atoms with E-state index in [2.05, 4.69) is 200 Å². The van der Waals surface area contributed by atoms with Gasteiger partial charge in [0.25, 0.3) is 0 Å². The predicted molar refractivity (Wildman–Crippen MR) is 219 cm³/mol. The van der Waals surface area contributed by atoms with Crippen LogP contribution in [0.25, 0.3) is 0 Å². The maximum Gasteiger partial charge on any atom is 0.0461 e. The topological polar surface area (TPSA) is 37.0 Å². The second kappa shape index (κ2) is 18.3. The van der Waals surface area contributed by atoms with Crippen LogP contribution in [0.2, 0.25) is 0 Å². The van der Waals surface area contributed by atoms with Crippen LogP contribution in [0.3, 0.4) is 0 Å². The number of rotatable bonds is 10. The zero-order valence-corrected chi connectivity index (χ0v) is 30.0. The van der Waals surface area contributed by atoms with Crippen molar-refractivity contribution in [2.24, 2.45) is 0 Å². The third-order valence-corrected chi connectivity index (χ3v) is 9.68. The van der Waals surface area contributed by atoms with E-state index in [0.717, 1.165) is 88.2 Å². The molecule has 0 aromatic heterocycles. The molecular weight excluding hydrogens is 637 g/mol. The van der Waals surface area contributed by atoms with Crippen LogP contribution in [-0.4, -0.2) is 62.2 Å². The van der Waals surface area contributed by atoms with Crippen LogP contribution in [0.4, 0.5) is 34.1 Å². The van der Waals surface area contributed by atoms with Crippen LogP contribution < -0.4 is 20.4 Å². The van der Waals surface area contributed by atoms with Crippen molar-refractivity contribution in [3.8, 4) is 0 Å². The quantitative estimate of drug-likeness (QED) is 0.150. The molecule has 0 aliphatic carbocycles. The summed E-state index contributed by atoms with van der Waals surface area (Å²) in [5.74, 6) is 0. The smallest absolute Gasteiger partial charge is 0.0461 e. The standard InChI is InChI=1S/C46H50N6/c1-5-13-41(14-6-1)51(42-15-7-2-8-16-42)45-25-21-39(22-26-45)37-49-33-29-47-31-35-50(36-32-48-30-34-49)38-40-23-27-46(28-24-40)52(43-17-9-3-10-18-43)44-19-11-4-12-20-44/h1-28,47-48H,29-38H2. The Morgan fingerprint density at radius 3 is 0.846 bits per heavy atom. The van der Waals surface area contributed by atoms with E-state index in [9.17, 15) is 0 Å². The van der Waals surface area contributed by atoms with E-state index in [0.29, 0.717) is 0 Å². The minimum Gasteiger partial charge on any atom is -0.314 e. The molecule has 1 aliphatic rings. The van der Waals surface area contributed by atoms with E-state index >= 15 is 0 Å². The van der Waals surface area contributed by atoms with Gasteiger partial charge in [-0.25, -0.2) is 0 Å². The highest BCUT2D eigenvalue weighted by Gasteiger charge is 2.15. The molecule has 0 bridgehead atoms. The van der Waals surface area contributed by atoms with Crippen molar-refractivity contribution in [3.05, 3.63) is 181 Å². The van der Waals surface area contributed by atoms with E-state index in [4.69, 9.17) is 0 Å². The van der Waals surface area contributed by atoms with Gasteiger partial charge in [0.15, 0.2) is 0 Å². The van der Waals surface area contributed by atoms with E-state index in [1.54, 1.807) is 0 Å². The van der Waals surface area contributed by atoms with E-state index < -0.39 is 0 Å². The number of benzene rings is 6. The lowest BCUT2D eigenvalue weighted by Crippen LogP contribution is -2.42. The van der Waals surface area contributed by atoms with Gasteiger partial charge in [-0.15, -0.1) is 0 Å². The van der Waals surface area contributed by atoms with Gasteiger partial charge in [0.2, 0.25) is 0 Å². The molecule has 6 nitrogen and oxygen atoms in total. The highest BCUT2D eigenvalue weighted by atomic mass is 15.2. The van der Waals surface area contributed by atoms with Crippen LogP contribution in [0.15, 0.2) is 170 Å². The summed E-state index contributed by atoms with van der Waals surface area (Å²) in [7, 11) is 0. The predicted octanol–water partition coefficient (Wildman–Crippen LogP) is 9.12. The molecule has 6 aromatic rings. The van der Waals surface area contributed by atoms with Crippen LogP contribution in [0, 0.1) is 0 Å². The summed E-state index contributed by atoms with van der Waals surface area (Å²) in [5.41, 5.74) is 9.65. The number of hydrogen-bond acceptors (Lipinski definition) is 6. The molecule has 1 aliphatic heterocycles. The molecule has 0 atom stereocenters. The maximum absolute atomic E-state index is 3.74. The molecule has 0 amide bonds. The number of anilines is 6. The van der Waals surface area contributed by atoms with Crippen molar-refractivity contribution < 1.29 is 0 Å². The summed E-state index contributed by atoms with van der Waals surface area (Å²) in [4.78, 5) is 9.77. The molecule has 6 heteroatoms. The third kappa shape index (κ3) is 9.55. The maximum atomic E-state index is 3.74. The first-order valence-corrected chi connectivity index (χ1v) is 18.6. The average molecular weight is 687 g/mol. The molecule has 1 saturated heterocycles. The normalized spacial score (nSPS) is 14.9. The average Bonchev–Trinajstić information content (AvgIpc) is 3.20. The Bertz CT molecular complexity index is 1650. The minimum absolute atomic E-state index is 0.939. The molecule has 52 heavy (non-hydrogen) atoms. The van der Waals surface area contributed by atoms with Crippen LogP contribution in [0.1, 0.15) is 11.1 Å². The fraction of sp³-hybridized carbons (Fsp3) is 0.217. The second-order valence-corrected chi connectivity index (χ2v) is 13.4. The highest BCUT2D eigenvalue weighted by Crippen LogP contribution is 2.35. The molecule has 2 N–H and O–H groups in total. The highest BCUT2D eigenvalue weighted by molar-refractivity contribution is 5.77. The fourth-order valence-electron chi connectivity index (χ4n) is 6.96. The summed E-state index contributed by atoms with van der Waals surface area (Å²) in [6.45, 7) is 9.86. The molecule has 6 aromatic carbocycles. The SMILES string of the molecule is c1ccc(N(c2ccccc2)c2ccc(CN3CCNCCN(Cc4ccc(N(c5ccccc5)c5ccccc5)cc4)CCNCC3)cc2)cc1. The summed E-state index contributed by atoms with van der Waals surface area (Å²) < 4.78 is 0. The lowest BCUT2D eigenvalue weighted by atomic mass is 10.1. The lowest BCUT2D eigenvalue weighted by molar-refractivity contribution is 0.233. The minimum atomic E-state index is 0.939. The summed E-state index contributed by atoms with van der Waals surface area (Å²) in [5, 5.41) is 7.48. The monoisotopic (exact) mass is 686 g/mol. The van der Waals surface area contributed by atoms with E-state index in [-0.39, 0.29) is 0 Å². The van der Waals surface area contributed by atoms with Crippen molar-refractivity contribution in [2.45, 2.75) is 13.1 Å². The van der Waals surface area contributed by atoms with Gasteiger partial charge >= 0.3 is 0 Å². The first-order valence-electron chi connectivity index (χ1n) is 18.6. The molecule has 0 saturated carbocycles. The Hall–Kier alpha value is -5.24. The van der Waals surface area contributed by atoms with Gasteiger partial charge in [-0.3, -0.25) is 9.80 Å². The van der Waals surface area contributed by atoms with Gasteiger partial charge < -0.3 is 20.4 Å². The van der Waals surface area contributed by atoms with Gasteiger partial charge in [-0.05, 0) is 83.9 Å². The van der Waals surface area contributed by atoms with Gasteiger partial charge in [-0.2, -0.15) is 0 Å². The Balaban J connectivity index is 0.927. The molecule has 1 heterocycles. The Morgan fingerprint density at radius 2 is 0.577 bits per heavy atom. The van der Waals surface area contributed by atoms with Gasteiger partial charge in [0, 0.05) is 99.6 Å². The van der Waals surface area contributed by atoms with Crippen molar-refractivity contribution >= 4 is 34.1 Å². The Kier molecular flexibility index (Phi) is 12.4. The second-order valence-electron chi connectivity index (χ2n) is 13.4. The first kappa shape index (κ1) is 35.2. The molecule has 1 fully saturated rings. The number of para-hydroxylation sites is 4. The summed E-state index contributed by atoms with van der Waals surface area (Å²) in [6, 6.07) is 60.6. The Morgan fingerprint density at radius 1 is 0.327 bits per heavy atom. The van der Waals surface area contributed by atoms with E-state index in [1.165, 1.54) is 22.5 Å². The lowest BCUT2D eigenvalue weighted by Gasteiger charge is -2.28. The molecule has 7 rings (SSSR count). The van der Waals surface area contributed by atoms with Crippen molar-refractivity contribution in [1.82, 2.24) is 20.4 Å². The number of hydrogen-bond donors (Lipinski definition) is 2. The number of nitrogens with one attached hydrogen (secondary N) is 2. The summed E-state index contributed by atoms with van der Waals surface area (Å²) >= 11 is 0. The van der Waals surface area contributed by atoms with Crippen molar-refractivity contribution in [3.63, 3.8) is 0 Å². The zero-order valence-electron chi connectivity index (χ0n) is 30.0. The third-order valence-electron chi connectivity index (χ3n) is 9.68. The van der Waals surface area contributed by atoms with Gasteiger partial charge in [0.05, 0.1) is 0 Å². The molecule has 0 radical (unpaired) electrons. The van der Waals surface area contributed by atoms with Crippen LogP contribution in [-0.2, 0) is 13.1 Å². The van der Waals surface area contributed by atoms with Crippen LogP contribution in [0.5, 0.6) is 0 Å².